The monoisotopic (exact) mass is 534 g/mol. The fourth-order valence-electron chi connectivity index (χ4n) is 5.24. The molecule has 2 unspecified atom stereocenters. The third kappa shape index (κ3) is 4.16. The number of nitrogens with zero attached hydrogens (tertiary/aromatic N) is 5. The maximum Gasteiger partial charge on any atom is 0.164 e. The van der Waals surface area contributed by atoms with E-state index in [1.54, 1.807) is 16.8 Å². The highest BCUT2D eigenvalue weighted by Gasteiger charge is 2.35. The van der Waals surface area contributed by atoms with E-state index in [1.165, 1.54) is 18.5 Å². The largest absolute Gasteiger partial charge is 0.459 e. The average molecular weight is 535 g/mol. The first-order valence-electron chi connectivity index (χ1n) is 12.9. The smallest absolute Gasteiger partial charge is 0.164 e. The fourth-order valence-corrected chi connectivity index (χ4v) is 5.24. The van der Waals surface area contributed by atoms with E-state index in [0.29, 0.717) is 50.8 Å². The van der Waals surface area contributed by atoms with Crippen molar-refractivity contribution in [2.75, 3.05) is 24.7 Å². The van der Waals surface area contributed by atoms with Crippen molar-refractivity contribution >= 4 is 34.4 Å². The summed E-state index contributed by atoms with van der Waals surface area (Å²) in [6, 6.07) is 21.0. The summed E-state index contributed by atoms with van der Waals surface area (Å²) in [5, 5.41) is 5.58. The number of anilines is 2. The Morgan fingerprint density at radius 1 is 1.02 bits per heavy atom. The molecule has 40 heavy (non-hydrogen) atoms. The van der Waals surface area contributed by atoms with Crippen molar-refractivity contribution in [2.24, 2.45) is 0 Å². The number of nitrogen functional groups attached to an aromatic ring is 1. The van der Waals surface area contributed by atoms with Gasteiger partial charge in [-0.05, 0) is 42.8 Å². The van der Waals surface area contributed by atoms with Crippen molar-refractivity contribution in [3.8, 4) is 17.0 Å². The van der Waals surface area contributed by atoms with Gasteiger partial charge in [0.15, 0.2) is 5.65 Å². The first-order valence-corrected chi connectivity index (χ1v) is 12.9. The number of hydrogen-bond donors (Lipinski definition) is 1. The Balaban J connectivity index is 1.57. The van der Waals surface area contributed by atoms with E-state index in [2.05, 4.69) is 9.97 Å². The Morgan fingerprint density at radius 2 is 1.80 bits per heavy atom. The molecule has 2 N–H and O–H groups in total. The average Bonchev–Trinajstić information content (AvgIpc) is 3.36. The van der Waals surface area contributed by atoms with Crippen molar-refractivity contribution in [3.63, 3.8) is 0 Å². The third-order valence-electron chi connectivity index (χ3n) is 7.24. The number of rotatable bonds is 6. The summed E-state index contributed by atoms with van der Waals surface area (Å²) < 4.78 is 22.6. The maximum atomic E-state index is 14.4. The van der Waals surface area contributed by atoms with Crippen LogP contribution in [0.3, 0.4) is 0 Å². The number of allylic oxidation sites excluding steroid dienone is 2. The van der Waals surface area contributed by atoms with Gasteiger partial charge in [0.05, 0.1) is 11.3 Å². The van der Waals surface area contributed by atoms with E-state index < -0.39 is 17.8 Å². The summed E-state index contributed by atoms with van der Waals surface area (Å²) in [5.41, 5.74) is 11.2. The molecular formula is C31H27FN6O2. The van der Waals surface area contributed by atoms with Crippen molar-refractivity contribution in [1.82, 2.24) is 19.7 Å². The van der Waals surface area contributed by atoms with Crippen molar-refractivity contribution in [1.29, 1.82) is 0 Å². The van der Waals surface area contributed by atoms with E-state index >= 15 is 0 Å². The van der Waals surface area contributed by atoms with Crippen LogP contribution in [0.5, 0.6) is 5.75 Å². The molecule has 0 spiro atoms. The Bertz CT molecular complexity index is 1780. The fraction of sp³-hybridized carbons (Fsp3) is 0.161. The van der Waals surface area contributed by atoms with Crippen LogP contribution < -0.4 is 15.4 Å². The van der Waals surface area contributed by atoms with Crippen LogP contribution in [-0.2, 0) is 4.79 Å². The van der Waals surface area contributed by atoms with Gasteiger partial charge in [-0.15, -0.1) is 0 Å². The molecule has 0 saturated carbocycles. The van der Waals surface area contributed by atoms with Crippen LogP contribution in [0.15, 0.2) is 84.9 Å². The highest BCUT2D eigenvalue weighted by molar-refractivity contribution is 5.98. The zero-order valence-corrected chi connectivity index (χ0v) is 22.2. The number of halogens is 1. The number of para-hydroxylation sites is 1. The molecule has 0 radical (unpaired) electrons. The second-order valence-electron chi connectivity index (χ2n) is 9.91. The third-order valence-corrected chi connectivity index (χ3v) is 7.24. The Labute approximate surface area is 230 Å². The van der Waals surface area contributed by atoms with Crippen LogP contribution in [0.25, 0.3) is 27.9 Å². The minimum absolute atomic E-state index is 0.301. The number of aldehydes is 1. The second kappa shape index (κ2) is 9.92. The van der Waals surface area contributed by atoms with E-state index in [1.807, 2.05) is 74.4 Å². The van der Waals surface area contributed by atoms with Crippen LogP contribution >= 0.6 is 0 Å². The summed E-state index contributed by atoms with van der Waals surface area (Å²) in [6.45, 7) is 1.91. The van der Waals surface area contributed by atoms with Crippen LogP contribution in [0.4, 0.5) is 15.9 Å². The van der Waals surface area contributed by atoms with Gasteiger partial charge < -0.3 is 20.2 Å². The molecule has 3 aromatic carbocycles. The molecule has 1 aliphatic heterocycles. The van der Waals surface area contributed by atoms with Gasteiger partial charge in [-0.3, -0.25) is 0 Å². The highest BCUT2D eigenvalue weighted by atomic mass is 19.1. The lowest BCUT2D eigenvalue weighted by atomic mass is 9.83. The molecule has 2 atom stereocenters. The molecule has 5 aromatic rings. The first kappa shape index (κ1) is 25.2. The Hall–Kier alpha value is -5.05. The lowest BCUT2D eigenvalue weighted by molar-refractivity contribution is -0.108. The number of benzene rings is 3. The summed E-state index contributed by atoms with van der Waals surface area (Å²) in [5.74, 6) is 0.261. The van der Waals surface area contributed by atoms with Crippen LogP contribution in [0, 0.1) is 5.82 Å². The molecule has 200 valence electrons. The van der Waals surface area contributed by atoms with E-state index in [0.717, 1.165) is 17.5 Å². The minimum atomic E-state index is -0.663. The second-order valence-corrected chi connectivity index (χ2v) is 9.91. The molecule has 0 saturated heterocycles. The van der Waals surface area contributed by atoms with Crippen molar-refractivity contribution in [3.05, 3.63) is 102 Å². The van der Waals surface area contributed by atoms with Crippen LogP contribution in [-0.4, -0.2) is 40.1 Å². The lowest BCUT2D eigenvalue weighted by Crippen LogP contribution is -2.23. The Morgan fingerprint density at radius 3 is 2.52 bits per heavy atom. The normalized spacial score (nSPS) is 15.4. The highest BCUT2D eigenvalue weighted by Crippen LogP contribution is 2.46. The van der Waals surface area contributed by atoms with E-state index in [4.69, 9.17) is 15.6 Å². The van der Waals surface area contributed by atoms with Gasteiger partial charge in [-0.2, -0.15) is 5.10 Å². The predicted octanol–water partition coefficient (Wildman–Crippen LogP) is 5.63. The minimum Gasteiger partial charge on any atom is -0.459 e. The molecular weight excluding hydrogens is 507 g/mol. The quantitative estimate of drug-likeness (QED) is 0.282. The number of fused-ring (bicyclic) bond motifs is 2. The van der Waals surface area contributed by atoms with Gasteiger partial charge in [0.1, 0.15) is 47.5 Å². The predicted molar refractivity (Wildman–Crippen MR) is 153 cm³/mol. The van der Waals surface area contributed by atoms with Gasteiger partial charge in [0.2, 0.25) is 0 Å². The molecule has 0 aliphatic carbocycles. The summed E-state index contributed by atoms with van der Waals surface area (Å²) >= 11 is 0. The molecule has 9 heteroatoms. The zero-order valence-electron chi connectivity index (χ0n) is 22.2. The molecule has 1 aliphatic rings. The van der Waals surface area contributed by atoms with Gasteiger partial charge in [-0.25, -0.2) is 19.0 Å². The SMILES string of the molecule is CC(C1=C(c2cccc(F)c2)C(C=O)c2ccccc2O1)n1nc(-c2ccc(N(C)C)cc2)c2c(N)ncnc21. The number of aromatic nitrogens is 4. The molecule has 0 amide bonds. The lowest BCUT2D eigenvalue weighted by Gasteiger charge is -2.31. The standard InChI is InChI=1S/C31H27FN6O2/c1-18(29-26(20-7-6-8-21(32)15-20)24(16-39)23-9-4-5-10-25(23)40-29)38-31-27(30(33)34-17-35-31)28(36-38)19-11-13-22(14-12-19)37(2)3/h4-18,24H,1-3H3,(H2,33,34,35). The number of carbonyl (C=O) groups excluding carboxylic acids is 1. The Kier molecular flexibility index (Phi) is 6.26. The van der Waals surface area contributed by atoms with Crippen molar-refractivity contribution in [2.45, 2.75) is 18.9 Å². The topological polar surface area (TPSA) is 99.2 Å². The van der Waals surface area contributed by atoms with Crippen LogP contribution in [0.2, 0.25) is 0 Å². The molecule has 0 fully saturated rings. The zero-order chi connectivity index (χ0) is 28.0. The van der Waals surface area contributed by atoms with Crippen LogP contribution in [0.1, 0.15) is 30.0 Å². The molecule has 2 aromatic heterocycles. The van der Waals surface area contributed by atoms with E-state index in [-0.39, 0.29) is 0 Å². The number of ether oxygens (including phenoxy) is 1. The van der Waals surface area contributed by atoms with Gasteiger partial charge in [0, 0.05) is 36.5 Å². The van der Waals surface area contributed by atoms with Gasteiger partial charge in [-0.1, -0.05) is 42.5 Å². The summed E-state index contributed by atoms with van der Waals surface area (Å²) in [4.78, 5) is 23.4. The molecule has 8 nitrogen and oxygen atoms in total. The molecule has 0 bridgehead atoms. The molecule has 3 heterocycles. The summed E-state index contributed by atoms with van der Waals surface area (Å²) in [6.07, 6.45) is 2.27. The van der Waals surface area contributed by atoms with Gasteiger partial charge in [0.25, 0.3) is 0 Å². The first-order chi connectivity index (χ1) is 19.4. The number of hydrogen-bond acceptors (Lipinski definition) is 7. The summed E-state index contributed by atoms with van der Waals surface area (Å²) in [7, 11) is 3.96. The van der Waals surface area contributed by atoms with Crippen molar-refractivity contribution < 1.29 is 13.9 Å². The maximum absolute atomic E-state index is 14.4. The number of carbonyl (C=O) groups is 1. The van der Waals surface area contributed by atoms with Gasteiger partial charge >= 0.3 is 0 Å². The number of nitrogens with two attached hydrogens (primary N) is 1. The molecule has 6 rings (SSSR count). The van der Waals surface area contributed by atoms with E-state index in [9.17, 15) is 9.18 Å².